The number of benzene rings is 1. The van der Waals surface area contributed by atoms with Gasteiger partial charge in [-0.3, -0.25) is 4.98 Å². The average Bonchev–Trinajstić information content (AvgIpc) is 3.18. The Morgan fingerprint density at radius 2 is 1.70 bits per heavy atom. The first-order valence-corrected chi connectivity index (χ1v) is 10.5. The molecule has 0 aliphatic carbocycles. The molecule has 0 radical (unpaired) electrons. The SMILES string of the molecule is CCCOc1cc(C)c(-c2cc(-c3cnc(N)s3)nc(-c3cnccn3)n2)c(C)c1. The Morgan fingerprint density at radius 3 is 2.33 bits per heavy atom. The maximum atomic E-state index is 5.85. The molecule has 2 N–H and O–H groups in total. The molecule has 4 rings (SSSR count). The third kappa shape index (κ3) is 4.13. The van der Waals surface area contributed by atoms with Gasteiger partial charge in [-0.1, -0.05) is 18.3 Å². The molecular weight excluding hydrogens is 396 g/mol. The molecule has 0 saturated carbocycles. The van der Waals surface area contributed by atoms with Crippen LogP contribution in [0.2, 0.25) is 0 Å². The Bertz CT molecular complexity index is 1150. The molecule has 0 aliphatic heterocycles. The molecule has 0 unspecified atom stereocenters. The van der Waals surface area contributed by atoms with E-state index < -0.39 is 0 Å². The summed E-state index contributed by atoms with van der Waals surface area (Å²) < 4.78 is 5.83. The van der Waals surface area contributed by atoms with E-state index in [0.717, 1.165) is 45.1 Å². The van der Waals surface area contributed by atoms with Crippen molar-refractivity contribution in [2.75, 3.05) is 12.3 Å². The second-order valence-electron chi connectivity index (χ2n) is 6.90. The third-order valence-corrected chi connectivity index (χ3v) is 5.38. The van der Waals surface area contributed by atoms with E-state index in [9.17, 15) is 0 Å². The van der Waals surface area contributed by atoms with E-state index in [2.05, 4.69) is 35.7 Å². The van der Waals surface area contributed by atoms with Gasteiger partial charge in [-0.15, -0.1) is 0 Å². The Morgan fingerprint density at radius 1 is 0.933 bits per heavy atom. The van der Waals surface area contributed by atoms with Crippen molar-refractivity contribution < 1.29 is 4.74 Å². The minimum Gasteiger partial charge on any atom is -0.494 e. The number of nitrogens with two attached hydrogens (primary N) is 1. The van der Waals surface area contributed by atoms with Crippen LogP contribution < -0.4 is 10.5 Å². The van der Waals surface area contributed by atoms with Gasteiger partial charge in [0.25, 0.3) is 0 Å². The highest BCUT2D eigenvalue weighted by atomic mass is 32.1. The second kappa shape index (κ2) is 8.54. The second-order valence-corrected chi connectivity index (χ2v) is 7.96. The molecule has 0 amide bonds. The molecule has 0 spiro atoms. The van der Waals surface area contributed by atoms with E-state index >= 15 is 0 Å². The van der Waals surface area contributed by atoms with Crippen LogP contribution in [-0.2, 0) is 0 Å². The number of ether oxygens (including phenoxy) is 1. The van der Waals surface area contributed by atoms with Crippen molar-refractivity contribution in [2.24, 2.45) is 0 Å². The number of aromatic nitrogens is 5. The highest BCUT2D eigenvalue weighted by Crippen LogP contribution is 2.34. The van der Waals surface area contributed by atoms with Gasteiger partial charge in [0.05, 0.1) is 29.1 Å². The van der Waals surface area contributed by atoms with Gasteiger partial charge in [0.2, 0.25) is 0 Å². The first-order chi connectivity index (χ1) is 14.5. The molecule has 3 heterocycles. The van der Waals surface area contributed by atoms with Crippen molar-refractivity contribution in [3.05, 3.63) is 54.1 Å². The fraction of sp³-hybridized carbons (Fsp3) is 0.227. The summed E-state index contributed by atoms with van der Waals surface area (Å²) in [6.45, 7) is 6.92. The van der Waals surface area contributed by atoms with Crippen LogP contribution in [-0.4, -0.2) is 31.5 Å². The minimum atomic E-state index is 0.496. The molecular formula is C22H22N6OS. The van der Waals surface area contributed by atoms with Gasteiger partial charge < -0.3 is 10.5 Å². The standard InChI is InChI=1S/C22H22N6OS/c1-4-7-29-15-8-13(2)20(14(3)9-15)17-10-16(19-12-26-22(23)30-19)27-21(28-17)18-11-24-5-6-25-18/h5-6,8-12H,4,7H2,1-3H3,(H2,23,26). The van der Waals surface area contributed by atoms with Crippen LogP contribution in [0.1, 0.15) is 24.5 Å². The minimum absolute atomic E-state index is 0.496. The van der Waals surface area contributed by atoms with Crippen LogP contribution >= 0.6 is 11.3 Å². The van der Waals surface area contributed by atoms with Crippen molar-refractivity contribution >= 4 is 16.5 Å². The number of rotatable bonds is 6. The Kier molecular flexibility index (Phi) is 5.67. The number of anilines is 1. The summed E-state index contributed by atoms with van der Waals surface area (Å²) >= 11 is 1.39. The number of aryl methyl sites for hydroxylation is 2. The summed E-state index contributed by atoms with van der Waals surface area (Å²) in [7, 11) is 0. The fourth-order valence-corrected chi connectivity index (χ4v) is 3.91. The molecule has 152 valence electrons. The maximum absolute atomic E-state index is 5.85. The lowest BCUT2D eigenvalue weighted by molar-refractivity contribution is 0.317. The fourth-order valence-electron chi connectivity index (χ4n) is 3.27. The van der Waals surface area contributed by atoms with E-state index in [1.165, 1.54) is 11.3 Å². The van der Waals surface area contributed by atoms with E-state index in [-0.39, 0.29) is 0 Å². The lowest BCUT2D eigenvalue weighted by Gasteiger charge is -2.14. The smallest absolute Gasteiger partial charge is 0.180 e. The maximum Gasteiger partial charge on any atom is 0.180 e. The summed E-state index contributed by atoms with van der Waals surface area (Å²) in [6.07, 6.45) is 7.61. The van der Waals surface area contributed by atoms with E-state index in [1.807, 2.05) is 18.2 Å². The lowest BCUT2D eigenvalue weighted by atomic mass is 9.98. The Labute approximate surface area is 179 Å². The zero-order chi connectivity index (χ0) is 21.1. The van der Waals surface area contributed by atoms with Crippen LogP contribution in [0.5, 0.6) is 5.75 Å². The number of hydrogen-bond acceptors (Lipinski definition) is 8. The lowest BCUT2D eigenvalue weighted by Crippen LogP contribution is -2.01. The molecule has 7 nitrogen and oxygen atoms in total. The van der Waals surface area contributed by atoms with Gasteiger partial charge >= 0.3 is 0 Å². The van der Waals surface area contributed by atoms with Crippen LogP contribution in [0.4, 0.5) is 5.13 Å². The van der Waals surface area contributed by atoms with Gasteiger partial charge in [0, 0.05) is 24.2 Å². The monoisotopic (exact) mass is 418 g/mol. The molecule has 30 heavy (non-hydrogen) atoms. The van der Waals surface area contributed by atoms with Crippen molar-refractivity contribution in [1.29, 1.82) is 0 Å². The van der Waals surface area contributed by atoms with Crippen LogP contribution in [0, 0.1) is 13.8 Å². The molecule has 1 aromatic carbocycles. The van der Waals surface area contributed by atoms with Gasteiger partial charge in [0.15, 0.2) is 11.0 Å². The molecule has 0 bridgehead atoms. The predicted octanol–water partition coefficient (Wildman–Crippen LogP) is 4.71. The first-order valence-electron chi connectivity index (χ1n) is 9.66. The first kappa shape index (κ1) is 19.9. The zero-order valence-corrected chi connectivity index (χ0v) is 17.9. The normalized spacial score (nSPS) is 10.9. The van der Waals surface area contributed by atoms with Crippen molar-refractivity contribution in [3.63, 3.8) is 0 Å². The molecule has 0 aliphatic rings. The summed E-state index contributed by atoms with van der Waals surface area (Å²) in [5, 5.41) is 0.496. The highest BCUT2D eigenvalue weighted by Gasteiger charge is 2.16. The molecule has 4 aromatic rings. The third-order valence-electron chi connectivity index (χ3n) is 4.53. The summed E-state index contributed by atoms with van der Waals surface area (Å²) in [5.74, 6) is 1.38. The van der Waals surface area contributed by atoms with Gasteiger partial charge in [0.1, 0.15) is 11.4 Å². The number of hydrogen-bond donors (Lipinski definition) is 1. The highest BCUT2D eigenvalue weighted by molar-refractivity contribution is 7.18. The van der Waals surface area contributed by atoms with Crippen LogP contribution in [0.3, 0.4) is 0 Å². The summed E-state index contributed by atoms with van der Waals surface area (Å²) in [6, 6.07) is 6.06. The zero-order valence-electron chi connectivity index (χ0n) is 17.1. The van der Waals surface area contributed by atoms with E-state index in [1.54, 1.807) is 24.8 Å². The number of nitrogens with zero attached hydrogens (tertiary/aromatic N) is 5. The van der Waals surface area contributed by atoms with Gasteiger partial charge in [-0.05, 0) is 49.6 Å². The quantitative estimate of drug-likeness (QED) is 0.484. The average molecular weight is 419 g/mol. The molecule has 0 saturated heterocycles. The van der Waals surface area contributed by atoms with Crippen molar-refractivity contribution in [3.8, 4) is 39.1 Å². The van der Waals surface area contributed by atoms with Gasteiger partial charge in [-0.25, -0.2) is 19.9 Å². The topological polar surface area (TPSA) is 99.7 Å². The number of thiazole rings is 1. The van der Waals surface area contributed by atoms with E-state index in [4.69, 9.17) is 20.4 Å². The Hall–Kier alpha value is -3.39. The van der Waals surface area contributed by atoms with E-state index in [0.29, 0.717) is 23.3 Å². The summed E-state index contributed by atoms with van der Waals surface area (Å²) in [5.41, 5.74) is 11.2. The molecule has 0 atom stereocenters. The van der Waals surface area contributed by atoms with Crippen molar-refractivity contribution in [2.45, 2.75) is 27.2 Å². The largest absolute Gasteiger partial charge is 0.494 e. The van der Waals surface area contributed by atoms with Crippen molar-refractivity contribution in [1.82, 2.24) is 24.9 Å². The van der Waals surface area contributed by atoms with Gasteiger partial charge in [-0.2, -0.15) is 0 Å². The number of nitrogen functional groups attached to an aromatic ring is 1. The summed E-state index contributed by atoms with van der Waals surface area (Å²) in [4.78, 5) is 23.1. The molecule has 8 heteroatoms. The molecule has 3 aromatic heterocycles. The van der Waals surface area contributed by atoms with Crippen LogP contribution in [0.15, 0.2) is 43.0 Å². The van der Waals surface area contributed by atoms with Crippen LogP contribution in [0.25, 0.3) is 33.3 Å². The predicted molar refractivity (Wildman–Crippen MR) is 119 cm³/mol. The Balaban J connectivity index is 1.87. The molecule has 0 fully saturated rings.